The molecule has 0 saturated carbocycles. The van der Waals surface area contributed by atoms with Gasteiger partial charge in [-0.1, -0.05) is 0 Å². The Hall–Kier alpha value is 0.310. The van der Waals surface area contributed by atoms with Crippen LogP contribution in [0.25, 0.3) is 0 Å². The zero-order chi connectivity index (χ0) is 48.9. The van der Waals surface area contributed by atoms with Crippen molar-refractivity contribution in [3.63, 3.8) is 0 Å². The molecule has 0 aromatic carbocycles. The van der Waals surface area contributed by atoms with Crippen LogP contribution in [0.3, 0.4) is 0 Å². The van der Waals surface area contributed by atoms with Gasteiger partial charge in [0.1, 0.15) is 0 Å². The summed E-state index contributed by atoms with van der Waals surface area (Å²) in [5.41, 5.74) is 2.18. The molecule has 17 nitrogen and oxygen atoms in total. The topological polar surface area (TPSA) is 97.5 Å². The van der Waals surface area contributed by atoms with Gasteiger partial charge >= 0.3 is 399 Å². The quantitative estimate of drug-likeness (QED) is 0.129. The van der Waals surface area contributed by atoms with Crippen LogP contribution in [-0.4, -0.2) is 303 Å². The van der Waals surface area contributed by atoms with Crippen LogP contribution in [0.15, 0.2) is 19.1 Å². The number of hydrogen-bond donors (Lipinski definition) is 0. The van der Waals surface area contributed by atoms with Gasteiger partial charge in [0.25, 0.3) is 0 Å². The molecule has 0 spiro atoms. The van der Waals surface area contributed by atoms with Crippen molar-refractivity contribution in [2.75, 3.05) is 200 Å². The molecule has 0 aromatic rings. The summed E-state index contributed by atoms with van der Waals surface area (Å²) in [7, 11) is 44.4. The summed E-state index contributed by atoms with van der Waals surface area (Å²) in [6.07, 6.45) is 7.58. The maximum atomic E-state index is 7.99. The van der Waals surface area contributed by atoms with E-state index in [9.17, 15) is 0 Å². The average Bonchev–Trinajstić information content (AvgIpc) is 3.93. The van der Waals surface area contributed by atoms with Crippen LogP contribution >= 0.6 is 39.7 Å². The van der Waals surface area contributed by atoms with Crippen molar-refractivity contribution in [2.45, 2.75) is 55.3 Å². The average molecular weight is 993 g/mol. The molecular formula is C42H93N16OP5. The van der Waals surface area contributed by atoms with E-state index in [1.54, 1.807) is 0 Å². The molecule has 0 radical (unpaired) electrons. The van der Waals surface area contributed by atoms with Crippen LogP contribution in [-0.2, 0) is 4.52 Å². The van der Waals surface area contributed by atoms with E-state index in [0.717, 1.165) is 72.1 Å². The summed E-state index contributed by atoms with van der Waals surface area (Å²) < 4.78 is 44.0. The van der Waals surface area contributed by atoms with Crippen molar-refractivity contribution in [2.24, 2.45) is 19.1 Å². The van der Waals surface area contributed by atoms with E-state index in [2.05, 4.69) is 234 Å². The number of nitrogens with zero attached hydrogens (tertiary/aromatic N) is 16. The van der Waals surface area contributed by atoms with E-state index in [1.165, 1.54) is 0 Å². The summed E-state index contributed by atoms with van der Waals surface area (Å²) in [5.74, 6) is 0. The fourth-order valence-corrected chi connectivity index (χ4v) is 27.2. The van der Waals surface area contributed by atoms with Gasteiger partial charge in [-0.05, 0) is 0 Å². The van der Waals surface area contributed by atoms with Crippen LogP contribution in [0.5, 0.6) is 0 Å². The fraction of sp³-hybridized carbons (Fsp3) is 0.905. The monoisotopic (exact) mass is 993 g/mol. The van der Waals surface area contributed by atoms with Crippen molar-refractivity contribution < 1.29 is 4.52 Å². The molecule has 0 amide bonds. The molecule has 4 fully saturated rings. The molecule has 4 aliphatic rings. The van der Waals surface area contributed by atoms with Gasteiger partial charge in [-0.3, -0.25) is 0 Å². The summed E-state index contributed by atoms with van der Waals surface area (Å²) >= 11 is 0. The Bertz CT molecular complexity index is 1470. The van der Waals surface area contributed by atoms with Crippen LogP contribution < -0.4 is 0 Å². The summed E-state index contributed by atoms with van der Waals surface area (Å²) in [6, 6.07) is 0. The van der Waals surface area contributed by atoms with Gasteiger partial charge in [0.2, 0.25) is 0 Å². The zero-order valence-electron chi connectivity index (χ0n) is 45.2. The molecule has 4 atom stereocenters. The van der Waals surface area contributed by atoms with E-state index in [0.29, 0.717) is 6.61 Å². The minimum absolute atomic E-state index is 0.334. The van der Waals surface area contributed by atoms with Gasteiger partial charge in [-0.2, -0.15) is 0 Å². The second kappa shape index (κ2) is 21.0. The molecule has 372 valence electrons. The molecule has 4 heterocycles. The van der Waals surface area contributed by atoms with E-state index >= 15 is 0 Å². The van der Waals surface area contributed by atoms with Gasteiger partial charge in [0.15, 0.2) is 0 Å². The van der Waals surface area contributed by atoms with Crippen molar-refractivity contribution in [1.82, 2.24) is 57.9 Å². The first kappa shape index (κ1) is 56.9. The molecule has 0 aromatic heterocycles. The van der Waals surface area contributed by atoms with Crippen LogP contribution in [0.2, 0.25) is 0 Å². The molecule has 22 heteroatoms. The molecule has 4 aliphatic heterocycles. The molecule has 0 bridgehead atoms. The van der Waals surface area contributed by atoms with Crippen LogP contribution in [0, 0.1) is 0 Å². The Morgan fingerprint density at radius 2 is 0.531 bits per heavy atom. The SMILES string of the molecule is CCOP(N=C1P(N(C)C)CCC1(N(C)C)N(C)C)(N=C1P(N(C)C)CCC1(N(C)C)N(C)C)(N=C1P(N(C)C)CCC1(N(C)C)N(C)C)N=C1P(N(C)C)CCC1(N(C)C)N(C)C. The zero-order valence-corrected chi connectivity index (χ0v) is 49.6. The number of rotatable bonds is 18. The Morgan fingerprint density at radius 1 is 0.359 bits per heavy atom. The van der Waals surface area contributed by atoms with Crippen molar-refractivity contribution in [1.29, 1.82) is 0 Å². The first-order valence-corrected chi connectivity index (χ1v) is 30.7. The van der Waals surface area contributed by atoms with E-state index in [-0.39, 0.29) is 0 Å². The van der Waals surface area contributed by atoms with Gasteiger partial charge in [0.05, 0.1) is 0 Å². The molecule has 4 rings (SSSR count). The third kappa shape index (κ3) is 9.46. The molecule has 64 heavy (non-hydrogen) atoms. The molecular weight excluding hydrogens is 899 g/mol. The maximum absolute atomic E-state index is 7.99. The standard InChI is InChI=1S/C42H93N16OP5/c1-26-59-64(43-35-39(47(2)3,48(4)5)27-31-60(35)55(18)19,44-36-40(49(6)7,50(8)9)28-32-61(36)56(20)21,45-37-41(51(10)11,52(12)13)29-33-62(37)57(22)23)46-38-42(53(14)15,54(16)17)30-34-63(38)58(24)25/h26-34H2,1-25H3. The summed E-state index contributed by atoms with van der Waals surface area (Å²) in [4.78, 5) is 19.1. The molecule has 0 aliphatic carbocycles. The summed E-state index contributed by atoms with van der Waals surface area (Å²) in [6.45, 7) is 2.45. The van der Waals surface area contributed by atoms with Crippen molar-refractivity contribution in [3.05, 3.63) is 0 Å². The van der Waals surface area contributed by atoms with Gasteiger partial charge in [-0.15, -0.1) is 0 Å². The normalized spacial score (nSPS) is 29.4. The Balaban J connectivity index is 2.67. The predicted molar refractivity (Wildman–Crippen MR) is 289 cm³/mol. The van der Waals surface area contributed by atoms with Gasteiger partial charge < -0.3 is 0 Å². The van der Waals surface area contributed by atoms with Crippen LogP contribution in [0.1, 0.15) is 32.6 Å². The third-order valence-electron chi connectivity index (χ3n) is 14.4. The van der Waals surface area contributed by atoms with E-state index < -0.39 is 62.4 Å². The molecule has 4 unspecified atom stereocenters. The van der Waals surface area contributed by atoms with Crippen LogP contribution in [0.4, 0.5) is 0 Å². The molecule has 0 N–H and O–H groups in total. The Morgan fingerprint density at radius 3 is 0.656 bits per heavy atom. The van der Waals surface area contributed by atoms with Crippen molar-refractivity contribution in [3.8, 4) is 0 Å². The summed E-state index contributed by atoms with van der Waals surface area (Å²) in [5, 5.41) is 0. The Kier molecular flexibility index (Phi) is 18.6. The van der Waals surface area contributed by atoms with Gasteiger partial charge in [0, 0.05) is 0 Å². The first-order valence-electron chi connectivity index (χ1n) is 22.8. The second-order valence-corrected chi connectivity index (χ2v) is 32.9. The predicted octanol–water partition coefficient (Wildman–Crippen LogP) is 5.47. The van der Waals surface area contributed by atoms with E-state index in [4.69, 9.17) is 23.6 Å². The minimum atomic E-state index is -5.15. The van der Waals surface area contributed by atoms with E-state index in [1.807, 2.05) is 0 Å². The molecule has 4 saturated heterocycles. The van der Waals surface area contributed by atoms with Gasteiger partial charge in [-0.25, -0.2) is 0 Å². The first-order chi connectivity index (χ1) is 29.5. The number of hydrogen-bond acceptors (Lipinski definition) is 17. The van der Waals surface area contributed by atoms with Crippen molar-refractivity contribution >= 4 is 61.5 Å². The fourth-order valence-electron chi connectivity index (χ4n) is 11.0. The second-order valence-electron chi connectivity index (χ2n) is 20.3. The third-order valence-corrected chi connectivity index (χ3v) is 28.2. The Labute approximate surface area is 397 Å².